The van der Waals surface area contributed by atoms with Gasteiger partial charge in [-0.3, -0.25) is 19.2 Å². The van der Waals surface area contributed by atoms with Crippen LogP contribution in [0.3, 0.4) is 0 Å². The number of allylic oxidation sites excluding steroid dienone is 5. The minimum absolute atomic E-state index is 0.0397. The van der Waals surface area contributed by atoms with Gasteiger partial charge in [-0.15, -0.1) is 0 Å². The maximum Gasteiger partial charge on any atom is 0.407 e. The molecule has 0 fully saturated rings. The Morgan fingerprint density at radius 2 is 1.74 bits per heavy atom. The van der Waals surface area contributed by atoms with Crippen molar-refractivity contribution in [2.24, 2.45) is 11.3 Å². The minimum Gasteiger partial charge on any atom is -0.490 e. The van der Waals surface area contributed by atoms with Crippen LogP contribution in [0.1, 0.15) is 67.2 Å². The van der Waals surface area contributed by atoms with E-state index < -0.39 is 53.3 Å². The summed E-state index contributed by atoms with van der Waals surface area (Å²) in [5.41, 5.74) is 3.00. The monoisotopic (exact) mass is 757 g/mol. The first-order chi connectivity index (χ1) is 25.0. The van der Waals surface area contributed by atoms with E-state index >= 15 is 0 Å². The molecule has 0 saturated heterocycles. The van der Waals surface area contributed by atoms with E-state index in [1.807, 2.05) is 46.8 Å². The van der Waals surface area contributed by atoms with Crippen LogP contribution in [0.2, 0.25) is 0 Å². The third-order valence-corrected chi connectivity index (χ3v) is 7.99. The predicted octanol–water partition coefficient (Wildman–Crippen LogP) is 4.53. The third-order valence-electron chi connectivity index (χ3n) is 7.84. The van der Waals surface area contributed by atoms with Crippen LogP contribution >= 0.6 is 11.6 Å². The van der Waals surface area contributed by atoms with Gasteiger partial charge in [0.2, 0.25) is 11.8 Å². The number of halogens is 1. The van der Waals surface area contributed by atoms with Crippen molar-refractivity contribution in [3.8, 4) is 0 Å². The number of rotatable bonds is 19. The highest BCUT2D eigenvalue weighted by molar-refractivity contribution is 6.29. The SMILES string of the molecule is COC1=CC[C@@H]([C@@H](C)/C=C(C)/C=C\C=C/C(=O)N[C@H](C(=O)N/C=C\C[C@H](C/C=C(\C)Cl)OC(=O)NCCCNN2C(=O)C=CC2=O)C(C)(C)C)OC1=O. The van der Waals surface area contributed by atoms with Gasteiger partial charge < -0.3 is 30.2 Å². The summed E-state index contributed by atoms with van der Waals surface area (Å²) in [6, 6.07) is -0.867. The summed E-state index contributed by atoms with van der Waals surface area (Å²) in [6.45, 7) is 11.6. The van der Waals surface area contributed by atoms with Crippen LogP contribution < -0.4 is 21.4 Å². The number of esters is 1. The van der Waals surface area contributed by atoms with E-state index in [4.69, 9.17) is 25.8 Å². The maximum atomic E-state index is 13.1. The highest BCUT2D eigenvalue weighted by Gasteiger charge is 2.32. The molecular formula is C38H52ClN5O9. The first kappa shape index (κ1) is 44.2. The number of hydrazine groups is 1. The number of carbonyl (C=O) groups excluding carboxylic acids is 6. The second kappa shape index (κ2) is 22.2. The molecule has 0 aliphatic carbocycles. The van der Waals surface area contributed by atoms with Gasteiger partial charge in [0.05, 0.1) is 7.11 Å². The second-order valence-corrected chi connectivity index (χ2v) is 14.1. The summed E-state index contributed by atoms with van der Waals surface area (Å²) in [5, 5.41) is 9.52. The van der Waals surface area contributed by atoms with Gasteiger partial charge in [-0.25, -0.2) is 20.0 Å². The highest BCUT2D eigenvalue weighted by Crippen LogP contribution is 2.23. The molecule has 2 rings (SSSR count). The molecule has 0 spiro atoms. The average Bonchev–Trinajstić information content (AvgIpc) is 3.41. The standard InChI is InChI=1S/C38H52ClN5O9/c1-25(24-26(2)29-17-18-30(51-7)36(49)53-29)12-8-9-14-31(45)43-34(38(4,5)6)35(48)40-21-10-13-28(16-15-27(3)39)52-37(50)41-22-11-23-42-44-32(46)19-20-33(44)47/h8-10,12,14-15,18-21,24,26,28-29,34,42H,11,13,16-17,22-23H2,1-7H3,(H,40,48)(H,41,50)(H,43,45)/b12-8-,14-9-,21-10-,25-24+,27-15+/t26-,28+,29-,34+/m0/s1. The molecule has 2 aliphatic rings. The molecule has 0 aromatic rings. The van der Waals surface area contributed by atoms with Crippen LogP contribution in [0.5, 0.6) is 0 Å². The fraction of sp³-hybridized carbons (Fsp3) is 0.474. The lowest BCUT2D eigenvalue weighted by molar-refractivity contribution is -0.151. The van der Waals surface area contributed by atoms with E-state index in [9.17, 15) is 28.8 Å². The van der Waals surface area contributed by atoms with Crippen LogP contribution in [0.4, 0.5) is 4.79 Å². The van der Waals surface area contributed by atoms with Crippen molar-refractivity contribution >= 4 is 47.3 Å². The molecule has 53 heavy (non-hydrogen) atoms. The molecule has 5 amide bonds. The summed E-state index contributed by atoms with van der Waals surface area (Å²) >= 11 is 5.99. The molecule has 0 aromatic heterocycles. The van der Waals surface area contributed by atoms with Crippen LogP contribution in [-0.4, -0.2) is 79.1 Å². The van der Waals surface area contributed by atoms with Crippen molar-refractivity contribution in [3.05, 3.63) is 83.3 Å². The molecule has 4 N–H and O–H groups in total. The molecule has 290 valence electrons. The molecule has 2 heterocycles. The number of nitrogens with one attached hydrogen (secondary N) is 4. The van der Waals surface area contributed by atoms with Crippen molar-refractivity contribution < 1.29 is 43.0 Å². The number of hydrogen-bond donors (Lipinski definition) is 4. The van der Waals surface area contributed by atoms with Crippen molar-refractivity contribution in [1.82, 2.24) is 26.4 Å². The normalized spacial score (nSPS) is 18.6. The van der Waals surface area contributed by atoms with E-state index in [1.54, 1.807) is 37.3 Å². The zero-order valence-corrected chi connectivity index (χ0v) is 32.2. The van der Waals surface area contributed by atoms with Gasteiger partial charge >= 0.3 is 12.1 Å². The van der Waals surface area contributed by atoms with E-state index in [0.717, 1.165) is 10.6 Å². The lowest BCUT2D eigenvalue weighted by Crippen LogP contribution is -2.52. The molecule has 0 bridgehead atoms. The van der Waals surface area contributed by atoms with E-state index in [-0.39, 0.29) is 37.3 Å². The number of ether oxygens (including phenoxy) is 3. The molecule has 14 nitrogen and oxygen atoms in total. The summed E-state index contributed by atoms with van der Waals surface area (Å²) in [6.07, 6.45) is 17.3. The third kappa shape index (κ3) is 16.5. The maximum absolute atomic E-state index is 13.1. The summed E-state index contributed by atoms with van der Waals surface area (Å²) < 4.78 is 16.0. The highest BCUT2D eigenvalue weighted by atomic mass is 35.5. The van der Waals surface area contributed by atoms with Gasteiger partial charge in [0, 0.05) is 61.5 Å². The zero-order chi connectivity index (χ0) is 39.6. The van der Waals surface area contributed by atoms with Crippen LogP contribution in [-0.2, 0) is 38.2 Å². The van der Waals surface area contributed by atoms with Crippen molar-refractivity contribution in [1.29, 1.82) is 0 Å². The number of nitrogens with zero attached hydrogens (tertiary/aromatic N) is 1. The fourth-order valence-electron chi connectivity index (χ4n) is 4.98. The summed E-state index contributed by atoms with van der Waals surface area (Å²) in [5.74, 6) is -2.10. The van der Waals surface area contributed by atoms with Crippen molar-refractivity contribution in [2.45, 2.75) is 85.5 Å². The number of carbonyl (C=O) groups is 6. The van der Waals surface area contributed by atoms with Gasteiger partial charge in [0.15, 0.2) is 5.76 Å². The van der Waals surface area contributed by atoms with Gasteiger partial charge in [0.25, 0.3) is 11.8 Å². The first-order valence-electron chi connectivity index (χ1n) is 17.3. The van der Waals surface area contributed by atoms with E-state index in [1.165, 1.54) is 31.5 Å². The van der Waals surface area contributed by atoms with Crippen molar-refractivity contribution in [3.63, 3.8) is 0 Å². The predicted molar refractivity (Wildman–Crippen MR) is 200 cm³/mol. The average molecular weight is 758 g/mol. The molecule has 15 heteroatoms. The van der Waals surface area contributed by atoms with Gasteiger partial charge in [-0.2, -0.15) is 0 Å². The Bertz CT molecular complexity index is 1530. The Kier molecular flexibility index (Phi) is 18.5. The topological polar surface area (TPSA) is 181 Å². The zero-order valence-electron chi connectivity index (χ0n) is 31.4. The number of imide groups is 1. The molecule has 0 aromatic carbocycles. The summed E-state index contributed by atoms with van der Waals surface area (Å²) in [7, 11) is 1.43. The molecule has 4 atom stereocenters. The number of cyclic esters (lactones) is 1. The van der Waals surface area contributed by atoms with Gasteiger partial charge in [-0.1, -0.05) is 81.3 Å². The van der Waals surface area contributed by atoms with E-state index in [0.29, 0.717) is 24.3 Å². The number of methoxy groups -OCH3 is 1. The van der Waals surface area contributed by atoms with Gasteiger partial charge in [-0.05, 0) is 38.0 Å². The Hall–Kier alpha value is -4.95. The summed E-state index contributed by atoms with van der Waals surface area (Å²) in [4.78, 5) is 73.4. The molecule has 0 saturated carbocycles. The van der Waals surface area contributed by atoms with Gasteiger partial charge in [0.1, 0.15) is 18.2 Å². The second-order valence-electron chi connectivity index (χ2n) is 13.5. The molecular weight excluding hydrogens is 706 g/mol. The Labute approximate surface area is 316 Å². The first-order valence-corrected chi connectivity index (χ1v) is 17.7. The molecule has 0 radical (unpaired) electrons. The lowest BCUT2D eigenvalue weighted by atomic mass is 9.86. The Morgan fingerprint density at radius 1 is 1.06 bits per heavy atom. The van der Waals surface area contributed by atoms with Crippen LogP contribution in [0.25, 0.3) is 0 Å². The van der Waals surface area contributed by atoms with Crippen LogP contribution in [0.15, 0.2) is 83.3 Å². The van der Waals surface area contributed by atoms with E-state index in [2.05, 4.69) is 21.4 Å². The molecule has 0 unspecified atom stereocenters. The minimum atomic E-state index is -0.867. The smallest absolute Gasteiger partial charge is 0.407 e. The lowest BCUT2D eigenvalue weighted by Gasteiger charge is -2.29. The number of hydrogen-bond acceptors (Lipinski definition) is 10. The number of alkyl carbamates (subject to hydrolysis) is 1. The quantitative estimate of drug-likeness (QED) is 0.0481. The Balaban J connectivity index is 1.85. The Morgan fingerprint density at radius 3 is 2.36 bits per heavy atom. The largest absolute Gasteiger partial charge is 0.490 e. The number of amides is 5. The van der Waals surface area contributed by atoms with Crippen molar-refractivity contribution in [2.75, 3.05) is 20.2 Å². The fourth-order valence-corrected chi connectivity index (χ4v) is 5.07. The van der Waals surface area contributed by atoms with Crippen LogP contribution in [0, 0.1) is 11.3 Å². The molecule has 2 aliphatic heterocycles.